The lowest BCUT2D eigenvalue weighted by Gasteiger charge is -2.35. The molecule has 2 amide bonds. The summed E-state index contributed by atoms with van der Waals surface area (Å²) in [5.74, 6) is -0.407. The molecule has 1 aliphatic heterocycles. The van der Waals surface area contributed by atoms with E-state index in [2.05, 4.69) is 6.92 Å². The second-order valence-electron chi connectivity index (χ2n) is 5.09. The molecule has 1 saturated heterocycles. The van der Waals surface area contributed by atoms with Gasteiger partial charge in [0.2, 0.25) is 0 Å². The zero-order valence-corrected chi connectivity index (χ0v) is 11.4. The second-order valence-corrected chi connectivity index (χ2v) is 5.09. The summed E-state index contributed by atoms with van der Waals surface area (Å²) in [5.41, 5.74) is 0. The molecule has 1 heterocycles. The molecule has 5 heteroatoms. The molecular formula is C13H24N2O3. The van der Waals surface area contributed by atoms with Crippen molar-refractivity contribution < 1.29 is 14.7 Å². The molecule has 1 atom stereocenters. The number of aliphatic carboxylic acids is 1. The highest BCUT2D eigenvalue weighted by Gasteiger charge is 2.25. The Labute approximate surface area is 109 Å². The highest BCUT2D eigenvalue weighted by molar-refractivity contribution is 5.74. The van der Waals surface area contributed by atoms with Crippen molar-refractivity contribution in [3.63, 3.8) is 0 Å². The van der Waals surface area contributed by atoms with E-state index in [1.165, 1.54) is 0 Å². The number of carbonyl (C=O) groups is 2. The number of hydrogen-bond acceptors (Lipinski definition) is 2. The van der Waals surface area contributed by atoms with E-state index in [1.807, 2.05) is 11.9 Å². The average Bonchev–Trinajstić information content (AvgIpc) is 2.36. The molecule has 1 rings (SSSR count). The number of amides is 2. The van der Waals surface area contributed by atoms with Crippen LogP contribution in [0.2, 0.25) is 0 Å². The predicted octanol–water partition coefficient (Wildman–Crippen LogP) is 2.03. The van der Waals surface area contributed by atoms with Gasteiger partial charge in [0.25, 0.3) is 0 Å². The number of rotatable bonds is 5. The predicted molar refractivity (Wildman–Crippen MR) is 69.5 cm³/mol. The molecule has 5 nitrogen and oxygen atoms in total. The maximum absolute atomic E-state index is 12.1. The summed E-state index contributed by atoms with van der Waals surface area (Å²) in [7, 11) is 1.83. The van der Waals surface area contributed by atoms with Crippen molar-refractivity contribution >= 4 is 12.0 Å². The number of urea groups is 1. The molecule has 0 aromatic rings. The van der Waals surface area contributed by atoms with Crippen LogP contribution in [0.5, 0.6) is 0 Å². The van der Waals surface area contributed by atoms with E-state index in [9.17, 15) is 9.59 Å². The summed E-state index contributed by atoms with van der Waals surface area (Å²) >= 11 is 0. The number of nitrogens with zero attached hydrogens (tertiary/aromatic N) is 2. The number of likely N-dealkylation sites (tertiary alicyclic amines) is 1. The van der Waals surface area contributed by atoms with Crippen molar-refractivity contribution in [3.05, 3.63) is 0 Å². The highest BCUT2D eigenvalue weighted by atomic mass is 16.4. The Bertz CT molecular complexity index is 294. The average molecular weight is 256 g/mol. The molecule has 1 aliphatic rings. The summed E-state index contributed by atoms with van der Waals surface area (Å²) in [6.45, 7) is 4.33. The molecule has 0 spiro atoms. The van der Waals surface area contributed by atoms with Gasteiger partial charge >= 0.3 is 12.0 Å². The third kappa shape index (κ3) is 4.55. The SMILES string of the molecule is CCCN(C)C(=O)N1CCCC(CCC(=O)O)C1. The summed E-state index contributed by atoms with van der Waals surface area (Å²) in [4.78, 5) is 26.3. The summed E-state index contributed by atoms with van der Waals surface area (Å²) in [6, 6.07) is 0.0804. The smallest absolute Gasteiger partial charge is 0.319 e. The van der Waals surface area contributed by atoms with Crippen LogP contribution in [0.1, 0.15) is 39.0 Å². The molecule has 1 unspecified atom stereocenters. The first kappa shape index (κ1) is 14.8. The normalized spacial score (nSPS) is 19.7. The Morgan fingerprint density at radius 2 is 2.17 bits per heavy atom. The van der Waals surface area contributed by atoms with Gasteiger partial charge in [-0.05, 0) is 31.6 Å². The first-order valence-electron chi connectivity index (χ1n) is 6.76. The number of hydrogen-bond donors (Lipinski definition) is 1. The molecule has 0 aromatic carbocycles. The lowest BCUT2D eigenvalue weighted by Crippen LogP contribution is -2.46. The fraction of sp³-hybridized carbons (Fsp3) is 0.846. The fourth-order valence-corrected chi connectivity index (χ4v) is 2.47. The van der Waals surface area contributed by atoms with E-state index in [4.69, 9.17) is 5.11 Å². The minimum absolute atomic E-state index is 0.0804. The van der Waals surface area contributed by atoms with Gasteiger partial charge in [0.1, 0.15) is 0 Å². The molecule has 0 radical (unpaired) electrons. The third-order valence-corrected chi connectivity index (χ3v) is 3.44. The number of carboxylic acids is 1. The number of piperidine rings is 1. The van der Waals surface area contributed by atoms with E-state index < -0.39 is 5.97 Å². The van der Waals surface area contributed by atoms with Crippen LogP contribution in [0.15, 0.2) is 0 Å². The van der Waals surface area contributed by atoms with Crippen LogP contribution in [0, 0.1) is 5.92 Å². The van der Waals surface area contributed by atoms with E-state index in [0.29, 0.717) is 18.9 Å². The van der Waals surface area contributed by atoms with Crippen LogP contribution < -0.4 is 0 Å². The van der Waals surface area contributed by atoms with Crippen LogP contribution in [0.3, 0.4) is 0 Å². The minimum atomic E-state index is -0.749. The van der Waals surface area contributed by atoms with Crippen LogP contribution in [-0.2, 0) is 4.79 Å². The van der Waals surface area contributed by atoms with Gasteiger partial charge in [0.15, 0.2) is 0 Å². The molecule has 0 saturated carbocycles. The van der Waals surface area contributed by atoms with Gasteiger partial charge in [0, 0.05) is 33.1 Å². The van der Waals surface area contributed by atoms with Gasteiger partial charge in [-0.3, -0.25) is 4.79 Å². The summed E-state index contributed by atoms with van der Waals surface area (Å²) in [6.07, 6.45) is 3.86. The van der Waals surface area contributed by atoms with Gasteiger partial charge in [0.05, 0.1) is 0 Å². The first-order chi connectivity index (χ1) is 8.54. The molecule has 1 N–H and O–H groups in total. The second kappa shape index (κ2) is 7.24. The van der Waals surface area contributed by atoms with Crippen LogP contribution in [0.4, 0.5) is 4.79 Å². The maximum Gasteiger partial charge on any atom is 0.319 e. The lowest BCUT2D eigenvalue weighted by atomic mass is 9.93. The minimum Gasteiger partial charge on any atom is -0.481 e. The van der Waals surface area contributed by atoms with Crippen molar-refractivity contribution in [3.8, 4) is 0 Å². The highest BCUT2D eigenvalue weighted by Crippen LogP contribution is 2.21. The van der Waals surface area contributed by atoms with Crippen molar-refractivity contribution in [2.24, 2.45) is 5.92 Å². The van der Waals surface area contributed by atoms with Crippen molar-refractivity contribution in [1.29, 1.82) is 0 Å². The molecule has 104 valence electrons. The molecule has 0 aliphatic carbocycles. The van der Waals surface area contributed by atoms with Crippen molar-refractivity contribution in [1.82, 2.24) is 9.80 Å². The quantitative estimate of drug-likeness (QED) is 0.818. The third-order valence-electron chi connectivity index (χ3n) is 3.44. The molecule has 0 bridgehead atoms. The Balaban J connectivity index is 2.42. The largest absolute Gasteiger partial charge is 0.481 e. The van der Waals surface area contributed by atoms with Crippen LogP contribution >= 0.6 is 0 Å². The fourth-order valence-electron chi connectivity index (χ4n) is 2.47. The Hall–Kier alpha value is -1.26. The van der Waals surface area contributed by atoms with Gasteiger partial charge in [-0.1, -0.05) is 6.92 Å². The zero-order chi connectivity index (χ0) is 13.5. The van der Waals surface area contributed by atoms with Gasteiger partial charge < -0.3 is 14.9 Å². The summed E-state index contributed by atoms with van der Waals surface area (Å²) < 4.78 is 0. The van der Waals surface area contributed by atoms with E-state index in [0.717, 1.165) is 32.4 Å². The van der Waals surface area contributed by atoms with E-state index >= 15 is 0 Å². The van der Waals surface area contributed by atoms with E-state index in [-0.39, 0.29) is 12.5 Å². The molecule has 18 heavy (non-hydrogen) atoms. The van der Waals surface area contributed by atoms with Crippen LogP contribution in [0.25, 0.3) is 0 Å². The standard InChI is InChI=1S/C13H24N2O3/c1-3-8-14(2)13(18)15-9-4-5-11(10-15)6-7-12(16)17/h11H,3-10H2,1-2H3,(H,16,17). The molecule has 0 aromatic heterocycles. The number of carbonyl (C=O) groups excluding carboxylic acids is 1. The Morgan fingerprint density at radius 3 is 2.78 bits per heavy atom. The Morgan fingerprint density at radius 1 is 1.44 bits per heavy atom. The molecular weight excluding hydrogens is 232 g/mol. The topological polar surface area (TPSA) is 60.9 Å². The number of carboxylic acid groups (broad SMARTS) is 1. The first-order valence-corrected chi connectivity index (χ1v) is 6.76. The lowest BCUT2D eigenvalue weighted by molar-refractivity contribution is -0.137. The zero-order valence-electron chi connectivity index (χ0n) is 11.4. The van der Waals surface area contributed by atoms with Gasteiger partial charge in [-0.15, -0.1) is 0 Å². The summed E-state index contributed by atoms with van der Waals surface area (Å²) in [5, 5.41) is 8.69. The molecule has 1 fully saturated rings. The maximum atomic E-state index is 12.1. The monoisotopic (exact) mass is 256 g/mol. The Kier molecular flexibility index (Phi) is 5.95. The van der Waals surface area contributed by atoms with Gasteiger partial charge in [-0.25, -0.2) is 4.79 Å². The van der Waals surface area contributed by atoms with Crippen molar-refractivity contribution in [2.75, 3.05) is 26.7 Å². The van der Waals surface area contributed by atoms with E-state index in [1.54, 1.807) is 4.90 Å². The van der Waals surface area contributed by atoms with Gasteiger partial charge in [-0.2, -0.15) is 0 Å². The van der Waals surface area contributed by atoms with Crippen molar-refractivity contribution in [2.45, 2.75) is 39.0 Å². The van der Waals surface area contributed by atoms with Crippen LogP contribution in [-0.4, -0.2) is 53.6 Å².